The van der Waals surface area contributed by atoms with Crippen molar-refractivity contribution in [3.63, 3.8) is 0 Å². The number of hydrogen-bond donors (Lipinski definition) is 0. The Hall–Kier alpha value is -1.73. The van der Waals surface area contributed by atoms with Crippen molar-refractivity contribution in [1.29, 1.82) is 0 Å². The minimum atomic E-state index is 0.0417. The van der Waals surface area contributed by atoms with Gasteiger partial charge in [-0.15, -0.1) is 11.3 Å². The molecule has 23 heavy (non-hydrogen) atoms. The number of carbonyl (C=O) groups is 1. The van der Waals surface area contributed by atoms with E-state index < -0.39 is 0 Å². The molecule has 7 heteroatoms. The largest absolute Gasteiger partial charge is 0.336 e. The number of aromatic nitrogens is 3. The van der Waals surface area contributed by atoms with E-state index in [0.29, 0.717) is 5.69 Å². The molecule has 0 unspecified atom stereocenters. The number of carbonyl (C=O) groups excluding carboxylic acids is 1. The first-order valence-corrected chi connectivity index (χ1v) is 8.84. The van der Waals surface area contributed by atoms with Crippen LogP contribution in [0.5, 0.6) is 0 Å². The molecule has 0 atom stereocenters. The Labute approximate surface area is 140 Å². The molecular formula is C16H23N5OS. The summed E-state index contributed by atoms with van der Waals surface area (Å²) in [7, 11) is 1.87. The molecule has 124 valence electrons. The van der Waals surface area contributed by atoms with Gasteiger partial charge in [0, 0.05) is 50.8 Å². The monoisotopic (exact) mass is 333 g/mol. The molecule has 0 saturated carbocycles. The van der Waals surface area contributed by atoms with Crippen molar-refractivity contribution in [2.24, 2.45) is 7.05 Å². The van der Waals surface area contributed by atoms with Crippen LogP contribution >= 0.6 is 11.3 Å². The van der Waals surface area contributed by atoms with Gasteiger partial charge in [-0.3, -0.25) is 14.4 Å². The summed E-state index contributed by atoms with van der Waals surface area (Å²) in [6.07, 6.45) is 0.987. The average molecular weight is 333 g/mol. The SMILES string of the molecule is Cc1nc(CN2CCCN(C(=O)c3cc(C)n(C)n3)CC2)cs1. The zero-order valence-corrected chi connectivity index (χ0v) is 14.8. The second-order valence-electron chi connectivity index (χ2n) is 6.07. The van der Waals surface area contributed by atoms with Gasteiger partial charge in [-0.05, 0) is 26.3 Å². The maximum absolute atomic E-state index is 12.6. The lowest BCUT2D eigenvalue weighted by molar-refractivity contribution is 0.0754. The van der Waals surface area contributed by atoms with E-state index in [1.165, 1.54) is 0 Å². The van der Waals surface area contributed by atoms with Gasteiger partial charge in [0.05, 0.1) is 10.7 Å². The third-order valence-electron chi connectivity index (χ3n) is 4.26. The zero-order chi connectivity index (χ0) is 16.4. The predicted molar refractivity (Wildman–Crippen MR) is 90.6 cm³/mol. The molecule has 1 aliphatic rings. The molecule has 0 bridgehead atoms. The summed E-state index contributed by atoms with van der Waals surface area (Å²) in [5.74, 6) is 0.0417. The summed E-state index contributed by atoms with van der Waals surface area (Å²) < 4.78 is 1.75. The Morgan fingerprint density at radius 2 is 2.09 bits per heavy atom. The first-order valence-electron chi connectivity index (χ1n) is 7.96. The number of amides is 1. The van der Waals surface area contributed by atoms with Crippen molar-refractivity contribution in [3.8, 4) is 0 Å². The molecule has 0 N–H and O–H groups in total. The molecule has 1 fully saturated rings. The summed E-state index contributed by atoms with van der Waals surface area (Å²) in [5, 5.41) is 7.54. The molecule has 0 radical (unpaired) electrons. The molecule has 0 aliphatic carbocycles. The fraction of sp³-hybridized carbons (Fsp3) is 0.562. The number of aryl methyl sites for hydroxylation is 3. The Morgan fingerprint density at radius 1 is 1.26 bits per heavy atom. The van der Waals surface area contributed by atoms with Crippen molar-refractivity contribution in [3.05, 3.63) is 33.5 Å². The Kier molecular flexibility index (Phi) is 4.77. The van der Waals surface area contributed by atoms with Crippen LogP contribution in [0.1, 0.15) is 33.3 Å². The highest BCUT2D eigenvalue weighted by atomic mass is 32.1. The lowest BCUT2D eigenvalue weighted by atomic mass is 10.3. The highest BCUT2D eigenvalue weighted by molar-refractivity contribution is 7.09. The van der Waals surface area contributed by atoms with Crippen LogP contribution in [-0.2, 0) is 13.6 Å². The minimum Gasteiger partial charge on any atom is -0.336 e. The van der Waals surface area contributed by atoms with E-state index in [0.717, 1.165) is 55.5 Å². The quantitative estimate of drug-likeness (QED) is 0.860. The van der Waals surface area contributed by atoms with Gasteiger partial charge < -0.3 is 4.90 Å². The molecular weight excluding hydrogens is 310 g/mol. The summed E-state index contributed by atoms with van der Waals surface area (Å²) in [5.41, 5.74) is 2.69. The standard InChI is InChI=1S/C16H23N5OS/c1-12-9-15(18-19(12)3)16(22)21-6-4-5-20(7-8-21)10-14-11-23-13(2)17-14/h9,11H,4-8,10H2,1-3H3. The van der Waals surface area contributed by atoms with Crippen LogP contribution in [0, 0.1) is 13.8 Å². The third kappa shape index (κ3) is 3.79. The molecule has 3 rings (SSSR count). The molecule has 2 aromatic rings. The van der Waals surface area contributed by atoms with Crippen molar-refractivity contribution in [2.45, 2.75) is 26.8 Å². The van der Waals surface area contributed by atoms with Gasteiger partial charge in [0.25, 0.3) is 5.91 Å². The van der Waals surface area contributed by atoms with Gasteiger partial charge >= 0.3 is 0 Å². The maximum atomic E-state index is 12.6. The zero-order valence-electron chi connectivity index (χ0n) is 13.9. The second-order valence-corrected chi connectivity index (χ2v) is 7.14. The number of thiazole rings is 1. The molecule has 3 heterocycles. The highest BCUT2D eigenvalue weighted by Crippen LogP contribution is 2.14. The smallest absolute Gasteiger partial charge is 0.274 e. The molecule has 1 aliphatic heterocycles. The fourth-order valence-corrected chi connectivity index (χ4v) is 3.47. The van der Waals surface area contributed by atoms with Crippen LogP contribution in [0.4, 0.5) is 0 Å². The van der Waals surface area contributed by atoms with E-state index in [-0.39, 0.29) is 5.91 Å². The summed E-state index contributed by atoms with van der Waals surface area (Å²) in [6.45, 7) is 8.29. The van der Waals surface area contributed by atoms with E-state index in [4.69, 9.17) is 0 Å². The summed E-state index contributed by atoms with van der Waals surface area (Å²) >= 11 is 1.69. The van der Waals surface area contributed by atoms with Crippen LogP contribution in [0.15, 0.2) is 11.4 Å². The van der Waals surface area contributed by atoms with Crippen LogP contribution in [-0.4, -0.2) is 56.7 Å². The number of hydrogen-bond acceptors (Lipinski definition) is 5. The van der Waals surface area contributed by atoms with Gasteiger partial charge in [0.1, 0.15) is 0 Å². The lowest BCUT2D eigenvalue weighted by Gasteiger charge is -2.20. The highest BCUT2D eigenvalue weighted by Gasteiger charge is 2.22. The molecule has 0 aromatic carbocycles. The topological polar surface area (TPSA) is 54.3 Å². The maximum Gasteiger partial charge on any atom is 0.274 e. The number of rotatable bonds is 3. The first kappa shape index (κ1) is 16.1. The first-order chi connectivity index (χ1) is 11.0. The molecule has 2 aromatic heterocycles. The van der Waals surface area contributed by atoms with Crippen molar-refractivity contribution in [2.75, 3.05) is 26.2 Å². The Bertz CT molecular complexity index is 673. The average Bonchev–Trinajstić information content (AvgIpc) is 2.98. The molecule has 6 nitrogen and oxygen atoms in total. The van der Waals surface area contributed by atoms with Crippen molar-refractivity contribution in [1.82, 2.24) is 24.6 Å². The number of nitrogens with zero attached hydrogens (tertiary/aromatic N) is 5. The van der Waals surface area contributed by atoms with E-state index >= 15 is 0 Å². The Morgan fingerprint density at radius 3 is 2.74 bits per heavy atom. The second kappa shape index (κ2) is 6.80. The Balaban J connectivity index is 1.60. The van der Waals surface area contributed by atoms with Gasteiger partial charge in [-0.2, -0.15) is 5.10 Å². The van der Waals surface area contributed by atoms with Gasteiger partial charge in [0.15, 0.2) is 5.69 Å². The van der Waals surface area contributed by atoms with Gasteiger partial charge in [-0.1, -0.05) is 0 Å². The van der Waals surface area contributed by atoms with Crippen LogP contribution in [0.3, 0.4) is 0 Å². The predicted octanol–water partition coefficient (Wildman–Crippen LogP) is 1.84. The fourth-order valence-electron chi connectivity index (χ4n) is 2.87. The summed E-state index contributed by atoms with van der Waals surface area (Å²) in [4.78, 5) is 21.4. The van der Waals surface area contributed by atoms with Crippen LogP contribution in [0.2, 0.25) is 0 Å². The third-order valence-corrected chi connectivity index (χ3v) is 5.08. The molecule has 1 saturated heterocycles. The van der Waals surface area contributed by atoms with Crippen LogP contribution in [0.25, 0.3) is 0 Å². The lowest BCUT2D eigenvalue weighted by Crippen LogP contribution is -2.35. The van der Waals surface area contributed by atoms with Crippen LogP contribution < -0.4 is 0 Å². The van der Waals surface area contributed by atoms with E-state index in [1.54, 1.807) is 16.0 Å². The van der Waals surface area contributed by atoms with Gasteiger partial charge in [0.2, 0.25) is 0 Å². The summed E-state index contributed by atoms with van der Waals surface area (Å²) in [6, 6.07) is 1.86. The normalized spacial score (nSPS) is 16.6. The van der Waals surface area contributed by atoms with E-state index in [9.17, 15) is 4.79 Å². The molecule has 1 amide bonds. The minimum absolute atomic E-state index is 0.0417. The molecule has 0 spiro atoms. The van der Waals surface area contributed by atoms with Crippen molar-refractivity contribution >= 4 is 17.2 Å². The van der Waals surface area contributed by atoms with Gasteiger partial charge in [-0.25, -0.2) is 4.98 Å². The van der Waals surface area contributed by atoms with E-state index in [1.807, 2.05) is 31.9 Å². The van der Waals surface area contributed by atoms with E-state index in [2.05, 4.69) is 20.4 Å². The van der Waals surface area contributed by atoms with Crippen molar-refractivity contribution < 1.29 is 4.79 Å².